The maximum atomic E-state index is 5.96. The van der Waals surface area contributed by atoms with Gasteiger partial charge in [-0.25, -0.2) is 0 Å². The minimum atomic E-state index is -0.783. The SMILES string of the molecule is C[Si](C)(C)[SiH2]O[SiH2][Si](C)(C)C. The van der Waals surface area contributed by atoms with Gasteiger partial charge in [0, 0.05) is 0 Å². The van der Waals surface area contributed by atoms with Crippen LogP contribution in [0.15, 0.2) is 0 Å². The third-order valence-corrected chi connectivity index (χ3v) is 13.3. The van der Waals surface area contributed by atoms with Crippen molar-refractivity contribution < 1.29 is 4.12 Å². The zero-order valence-electron chi connectivity index (χ0n) is 8.82. The minimum Gasteiger partial charge on any atom is -0.470 e. The molecule has 0 aromatic heterocycles. The molecule has 0 fully saturated rings. The standard InChI is InChI=1S/C6H22OSi4/c1-10(2,3)8-7-9-11(4,5)6/h8-9H2,1-6H3. The summed E-state index contributed by atoms with van der Waals surface area (Å²) in [5.41, 5.74) is 0. The average Bonchev–Trinajstić information content (AvgIpc) is 1.55. The molecule has 0 radical (unpaired) electrons. The van der Waals surface area contributed by atoms with E-state index >= 15 is 0 Å². The van der Waals surface area contributed by atoms with Gasteiger partial charge in [-0.1, -0.05) is 39.3 Å². The molecule has 0 aliphatic carbocycles. The van der Waals surface area contributed by atoms with E-state index in [1.54, 1.807) is 0 Å². The van der Waals surface area contributed by atoms with Gasteiger partial charge in [-0.05, 0) is 0 Å². The summed E-state index contributed by atoms with van der Waals surface area (Å²) in [6.07, 6.45) is 0. The Morgan fingerprint density at radius 1 is 0.727 bits per heavy atom. The summed E-state index contributed by atoms with van der Waals surface area (Å²) in [6.45, 7) is 14.6. The lowest BCUT2D eigenvalue weighted by Crippen LogP contribution is -2.39. The molecule has 0 atom stereocenters. The van der Waals surface area contributed by atoms with E-state index in [1.165, 1.54) is 0 Å². The molecule has 11 heavy (non-hydrogen) atoms. The predicted molar refractivity (Wildman–Crippen MR) is 64.9 cm³/mol. The van der Waals surface area contributed by atoms with Crippen LogP contribution >= 0.6 is 0 Å². The Labute approximate surface area is 77.4 Å². The van der Waals surface area contributed by atoms with Gasteiger partial charge >= 0.3 is 0 Å². The normalized spacial score (nSPS) is 15.8. The fraction of sp³-hybridized carbons (Fsp3) is 1.00. The second-order valence-electron chi connectivity index (χ2n) is 5.61. The summed E-state index contributed by atoms with van der Waals surface area (Å²) >= 11 is 0. The maximum Gasteiger partial charge on any atom is 0.134 e. The molecule has 0 aliphatic rings. The van der Waals surface area contributed by atoms with Gasteiger partial charge in [-0.15, -0.1) is 0 Å². The second-order valence-corrected chi connectivity index (χ2v) is 32.5. The Balaban J connectivity index is 3.44. The van der Waals surface area contributed by atoms with Gasteiger partial charge in [0.2, 0.25) is 0 Å². The molecular weight excluding hydrogens is 200 g/mol. The maximum absolute atomic E-state index is 5.96. The van der Waals surface area contributed by atoms with E-state index in [4.69, 9.17) is 4.12 Å². The van der Waals surface area contributed by atoms with E-state index in [9.17, 15) is 0 Å². The first-order chi connectivity index (χ1) is 4.71. The van der Waals surface area contributed by atoms with Crippen LogP contribution in [0.25, 0.3) is 0 Å². The molecule has 0 bridgehead atoms. The summed E-state index contributed by atoms with van der Waals surface area (Å²) in [4.78, 5) is 0. The lowest BCUT2D eigenvalue weighted by atomic mass is 11.8. The molecule has 0 spiro atoms. The van der Waals surface area contributed by atoms with Crippen LogP contribution in [0.2, 0.25) is 39.3 Å². The van der Waals surface area contributed by atoms with Gasteiger partial charge in [0.1, 0.15) is 18.6 Å². The quantitative estimate of drug-likeness (QED) is 0.641. The predicted octanol–water partition coefficient (Wildman–Crippen LogP) is 0.840. The van der Waals surface area contributed by atoms with Crippen LogP contribution in [-0.2, 0) is 4.12 Å². The monoisotopic (exact) mass is 222 g/mol. The highest BCUT2D eigenvalue weighted by molar-refractivity contribution is 7.26. The van der Waals surface area contributed by atoms with Crippen LogP contribution in [-0.4, -0.2) is 33.7 Å². The van der Waals surface area contributed by atoms with Crippen LogP contribution in [0.4, 0.5) is 0 Å². The summed E-state index contributed by atoms with van der Waals surface area (Å²) in [7, 11) is -1.76. The van der Waals surface area contributed by atoms with Crippen molar-refractivity contribution in [3.05, 3.63) is 0 Å². The van der Waals surface area contributed by atoms with E-state index in [2.05, 4.69) is 39.3 Å². The lowest BCUT2D eigenvalue weighted by molar-refractivity contribution is 0.669. The molecule has 0 amide bonds. The van der Waals surface area contributed by atoms with Gasteiger partial charge in [0.05, 0.1) is 15.2 Å². The van der Waals surface area contributed by atoms with Crippen molar-refractivity contribution in [2.75, 3.05) is 0 Å². The van der Waals surface area contributed by atoms with Gasteiger partial charge < -0.3 is 4.12 Å². The summed E-state index contributed by atoms with van der Waals surface area (Å²) < 4.78 is 5.96. The highest BCUT2D eigenvalue weighted by Crippen LogP contribution is 2.01. The summed E-state index contributed by atoms with van der Waals surface area (Å²) in [5.74, 6) is 0. The number of hydrogen-bond acceptors (Lipinski definition) is 1. The van der Waals surface area contributed by atoms with Crippen molar-refractivity contribution in [3.63, 3.8) is 0 Å². The van der Waals surface area contributed by atoms with Crippen LogP contribution in [0, 0.1) is 0 Å². The second kappa shape index (κ2) is 4.17. The van der Waals surface area contributed by atoms with Crippen LogP contribution in [0.5, 0.6) is 0 Å². The van der Waals surface area contributed by atoms with Crippen molar-refractivity contribution in [2.24, 2.45) is 0 Å². The molecule has 0 saturated heterocycles. The van der Waals surface area contributed by atoms with E-state index < -0.39 is 15.2 Å². The van der Waals surface area contributed by atoms with E-state index in [-0.39, 0.29) is 18.6 Å². The zero-order valence-corrected chi connectivity index (χ0v) is 13.7. The van der Waals surface area contributed by atoms with Gasteiger partial charge in [-0.2, -0.15) is 0 Å². The topological polar surface area (TPSA) is 9.23 Å². The van der Waals surface area contributed by atoms with Crippen molar-refractivity contribution in [2.45, 2.75) is 39.3 Å². The molecule has 0 aromatic carbocycles. The van der Waals surface area contributed by atoms with Gasteiger partial charge in [0.25, 0.3) is 0 Å². The largest absolute Gasteiger partial charge is 0.470 e. The highest BCUT2D eigenvalue weighted by Gasteiger charge is 2.18. The number of rotatable bonds is 4. The van der Waals surface area contributed by atoms with Gasteiger partial charge in [0.15, 0.2) is 0 Å². The van der Waals surface area contributed by atoms with Gasteiger partial charge in [-0.3, -0.25) is 0 Å². The fourth-order valence-corrected chi connectivity index (χ4v) is 20.7. The van der Waals surface area contributed by atoms with Crippen molar-refractivity contribution in [1.82, 2.24) is 0 Å². The Kier molecular flexibility index (Phi) is 4.49. The minimum absolute atomic E-state index is 0.0948. The molecule has 0 N–H and O–H groups in total. The number of hydrogen-bond donors (Lipinski definition) is 0. The molecule has 0 rings (SSSR count). The molecule has 0 heterocycles. The summed E-state index contributed by atoms with van der Waals surface area (Å²) in [6, 6.07) is 0. The molecular formula is C6H22OSi4. The smallest absolute Gasteiger partial charge is 0.134 e. The van der Waals surface area contributed by atoms with E-state index in [1.807, 2.05) is 0 Å². The van der Waals surface area contributed by atoms with Crippen molar-refractivity contribution >= 4 is 33.7 Å². The van der Waals surface area contributed by atoms with Crippen molar-refractivity contribution in [3.8, 4) is 0 Å². The van der Waals surface area contributed by atoms with Crippen LogP contribution in [0.3, 0.4) is 0 Å². The Bertz CT molecular complexity index is 98.7. The molecule has 1 nitrogen and oxygen atoms in total. The molecule has 0 aliphatic heterocycles. The van der Waals surface area contributed by atoms with Crippen LogP contribution in [0.1, 0.15) is 0 Å². The highest BCUT2D eigenvalue weighted by atomic mass is 29.3. The molecule has 0 aromatic rings. The molecule has 0 unspecified atom stereocenters. The Morgan fingerprint density at radius 3 is 1.18 bits per heavy atom. The molecule has 68 valence electrons. The Hall–Kier alpha value is 0.828. The molecule has 0 saturated carbocycles. The van der Waals surface area contributed by atoms with E-state index in [0.717, 1.165) is 0 Å². The third kappa shape index (κ3) is 10.8. The fourth-order valence-electron chi connectivity index (χ4n) is 0.663. The third-order valence-electron chi connectivity index (χ3n) is 1.07. The first-order valence-electron chi connectivity index (χ1n) is 4.28. The molecule has 5 heteroatoms. The zero-order chi connectivity index (χ0) is 9.12. The van der Waals surface area contributed by atoms with Crippen molar-refractivity contribution in [1.29, 1.82) is 0 Å². The lowest BCUT2D eigenvalue weighted by Gasteiger charge is -2.20. The summed E-state index contributed by atoms with van der Waals surface area (Å²) in [5, 5.41) is 0. The first kappa shape index (κ1) is 11.8. The first-order valence-corrected chi connectivity index (χ1v) is 17.1. The Morgan fingerprint density at radius 2 is 1.00 bits per heavy atom. The van der Waals surface area contributed by atoms with Crippen LogP contribution < -0.4 is 0 Å². The van der Waals surface area contributed by atoms with E-state index in [0.29, 0.717) is 0 Å². The average molecular weight is 223 g/mol.